The summed E-state index contributed by atoms with van der Waals surface area (Å²) in [5.41, 5.74) is 14.4. The number of hydrogen-bond acceptors (Lipinski definition) is 2. The number of rotatable bonds is 7. The molecule has 2 aromatic heterocycles. The maximum Gasteiger partial charge on any atom is 0.136 e. The summed E-state index contributed by atoms with van der Waals surface area (Å²) in [6.45, 7) is 0. The fraction of sp³-hybridized carbons (Fsp3) is 0. The van der Waals surface area contributed by atoms with Crippen LogP contribution in [0.1, 0.15) is 1.37 Å². The summed E-state index contributed by atoms with van der Waals surface area (Å²) in [6.07, 6.45) is 0. The fourth-order valence-electron chi connectivity index (χ4n) is 8.51. The first-order valence-electron chi connectivity index (χ1n) is 19.9. The van der Waals surface area contributed by atoms with Crippen molar-refractivity contribution in [1.29, 1.82) is 0 Å². The van der Waals surface area contributed by atoms with Crippen LogP contribution in [-0.2, 0) is 0 Å². The van der Waals surface area contributed by atoms with Gasteiger partial charge in [0.25, 0.3) is 0 Å². The van der Waals surface area contributed by atoms with Crippen molar-refractivity contribution in [3.8, 4) is 39.1 Å². The van der Waals surface area contributed by atoms with Crippen molar-refractivity contribution < 1.29 is 10.2 Å². The molecule has 0 bridgehead atoms. The van der Waals surface area contributed by atoms with Gasteiger partial charge in [0.15, 0.2) is 0 Å². The van der Waals surface area contributed by atoms with Gasteiger partial charge in [0.05, 0.1) is 12.4 Å². The maximum absolute atomic E-state index is 14.4. The molecule has 0 radical (unpaired) electrons. The van der Waals surface area contributed by atoms with E-state index in [1.807, 2.05) is 60.7 Å². The molecule has 0 aliphatic rings. The van der Waals surface area contributed by atoms with Crippen molar-refractivity contribution in [3.05, 3.63) is 218 Å². The Hall–Kier alpha value is -7.69. The summed E-state index contributed by atoms with van der Waals surface area (Å²) >= 11 is 0. The average molecular weight is 748 g/mol. The van der Waals surface area contributed by atoms with Gasteiger partial charge < -0.3 is 13.9 Å². The van der Waals surface area contributed by atoms with Gasteiger partial charge in [0, 0.05) is 44.3 Å². The molecule has 0 fully saturated rings. The van der Waals surface area contributed by atoms with E-state index in [0.717, 1.165) is 99.9 Å². The Morgan fingerprint density at radius 3 is 1.86 bits per heavy atom. The Morgan fingerprint density at radius 2 is 1.05 bits per heavy atom. The number of hydrogen-bond donors (Lipinski definition) is 0. The van der Waals surface area contributed by atoms with Crippen LogP contribution in [0, 0.1) is 5.82 Å². The second-order valence-corrected chi connectivity index (χ2v) is 14.6. The third-order valence-corrected chi connectivity index (χ3v) is 11.2. The van der Waals surface area contributed by atoms with Crippen LogP contribution in [0.4, 0.5) is 21.5 Å². The predicted molar refractivity (Wildman–Crippen MR) is 239 cm³/mol. The first-order chi connectivity index (χ1) is 29.1. The standard InChI is InChI=1S/C54H35FN2O/c55-41-27-32-51-49(35-41)47-17-4-6-20-50(47)57(51)45-16-9-14-40(34-45)37-23-28-42(29-24-37)56(44-15-8-13-39(33-44)36-11-2-1-3-12-36)43-30-25-38(26-31-43)46-19-10-22-53-54(46)48-18-5-7-21-52(48)58-53/h1-35H/i1D. The molecule has 0 amide bonds. The van der Waals surface area contributed by atoms with E-state index in [-0.39, 0.29) is 5.82 Å². The monoisotopic (exact) mass is 747 g/mol. The third-order valence-electron chi connectivity index (χ3n) is 11.2. The lowest BCUT2D eigenvalue weighted by molar-refractivity contribution is 0.629. The van der Waals surface area contributed by atoms with Crippen molar-refractivity contribution in [3.63, 3.8) is 0 Å². The molecule has 0 N–H and O–H groups in total. The Morgan fingerprint density at radius 1 is 0.431 bits per heavy atom. The Labute approximate surface area is 336 Å². The highest BCUT2D eigenvalue weighted by molar-refractivity contribution is 6.12. The van der Waals surface area contributed by atoms with Crippen LogP contribution < -0.4 is 4.90 Å². The zero-order valence-corrected chi connectivity index (χ0v) is 31.3. The van der Waals surface area contributed by atoms with Crippen LogP contribution in [-0.4, -0.2) is 4.57 Å². The molecule has 2 heterocycles. The molecule has 4 heteroatoms. The molecule has 0 aliphatic carbocycles. The number of aromatic nitrogens is 1. The van der Waals surface area contributed by atoms with Gasteiger partial charge in [-0.1, -0.05) is 127 Å². The molecule has 0 unspecified atom stereocenters. The van der Waals surface area contributed by atoms with E-state index >= 15 is 0 Å². The molecular formula is C54H35FN2O. The molecule has 274 valence electrons. The van der Waals surface area contributed by atoms with Gasteiger partial charge in [-0.15, -0.1) is 0 Å². The molecule has 0 atom stereocenters. The number of furan rings is 1. The summed E-state index contributed by atoms with van der Waals surface area (Å²) in [7, 11) is 0. The van der Waals surface area contributed by atoms with Gasteiger partial charge >= 0.3 is 0 Å². The summed E-state index contributed by atoms with van der Waals surface area (Å²) in [6, 6.07) is 70.4. The van der Waals surface area contributed by atoms with E-state index in [9.17, 15) is 4.39 Å². The van der Waals surface area contributed by atoms with E-state index in [1.165, 1.54) is 6.07 Å². The third kappa shape index (κ3) is 5.74. The van der Waals surface area contributed by atoms with Crippen molar-refractivity contribution in [2.24, 2.45) is 0 Å². The Kier molecular flexibility index (Phi) is 7.74. The predicted octanol–water partition coefficient (Wildman–Crippen LogP) is 15.3. The lowest BCUT2D eigenvalue weighted by Gasteiger charge is -2.26. The van der Waals surface area contributed by atoms with Crippen LogP contribution in [0.5, 0.6) is 0 Å². The largest absolute Gasteiger partial charge is 0.456 e. The minimum atomic E-state index is -0.241. The highest BCUT2D eigenvalue weighted by Crippen LogP contribution is 2.41. The zero-order valence-electron chi connectivity index (χ0n) is 32.3. The first kappa shape index (κ1) is 32.5. The number of anilines is 3. The molecule has 11 rings (SSSR count). The van der Waals surface area contributed by atoms with Crippen molar-refractivity contribution in [1.82, 2.24) is 4.57 Å². The van der Waals surface area contributed by atoms with Gasteiger partial charge in [-0.3, -0.25) is 0 Å². The van der Waals surface area contributed by atoms with Crippen molar-refractivity contribution >= 4 is 60.8 Å². The fourth-order valence-corrected chi connectivity index (χ4v) is 8.51. The van der Waals surface area contributed by atoms with Crippen LogP contribution in [0.15, 0.2) is 217 Å². The SMILES string of the molecule is [2H]c1ccc(-c2cccc(N(c3ccc(-c4cccc(-n5c6ccccc6c6cc(F)ccc65)c4)cc3)c3ccc(-c4cccc5oc6ccccc6c45)cc3)c2)cc1. The van der Waals surface area contributed by atoms with Crippen LogP contribution >= 0.6 is 0 Å². The summed E-state index contributed by atoms with van der Waals surface area (Å²) in [4.78, 5) is 2.29. The molecular weight excluding hydrogens is 712 g/mol. The van der Waals surface area contributed by atoms with Gasteiger partial charge in [-0.05, 0) is 118 Å². The number of fused-ring (bicyclic) bond motifs is 6. The Bertz CT molecular complexity index is 3350. The molecule has 0 aliphatic heterocycles. The Balaban J connectivity index is 0.994. The van der Waals surface area contributed by atoms with Crippen LogP contribution in [0.25, 0.3) is 82.8 Å². The number of benzene rings is 9. The zero-order chi connectivity index (χ0) is 39.5. The van der Waals surface area contributed by atoms with Crippen molar-refractivity contribution in [2.75, 3.05) is 4.90 Å². The highest BCUT2D eigenvalue weighted by atomic mass is 19.1. The lowest BCUT2D eigenvalue weighted by Crippen LogP contribution is -2.10. The van der Waals surface area contributed by atoms with E-state index in [1.54, 1.807) is 6.07 Å². The lowest BCUT2D eigenvalue weighted by atomic mass is 9.99. The second kappa shape index (κ2) is 13.8. The topological polar surface area (TPSA) is 21.3 Å². The molecule has 0 saturated heterocycles. The molecule has 58 heavy (non-hydrogen) atoms. The quantitative estimate of drug-likeness (QED) is 0.162. The molecule has 0 saturated carbocycles. The molecule has 3 nitrogen and oxygen atoms in total. The second-order valence-electron chi connectivity index (χ2n) is 14.6. The summed E-state index contributed by atoms with van der Waals surface area (Å²) in [5.74, 6) is -0.241. The maximum atomic E-state index is 14.4. The van der Waals surface area contributed by atoms with E-state index in [4.69, 9.17) is 5.79 Å². The summed E-state index contributed by atoms with van der Waals surface area (Å²) in [5, 5.41) is 4.14. The van der Waals surface area contributed by atoms with Gasteiger partial charge in [0.2, 0.25) is 0 Å². The highest BCUT2D eigenvalue weighted by Gasteiger charge is 2.17. The average Bonchev–Trinajstić information content (AvgIpc) is 3.83. The van der Waals surface area contributed by atoms with E-state index in [0.29, 0.717) is 6.04 Å². The molecule has 0 spiro atoms. The smallest absolute Gasteiger partial charge is 0.136 e. The number of nitrogens with zero attached hydrogens (tertiary/aromatic N) is 2. The van der Waals surface area contributed by atoms with Crippen LogP contribution in [0.2, 0.25) is 0 Å². The first-order valence-corrected chi connectivity index (χ1v) is 19.4. The van der Waals surface area contributed by atoms with Crippen molar-refractivity contribution in [2.45, 2.75) is 0 Å². The normalized spacial score (nSPS) is 11.8. The van der Waals surface area contributed by atoms with Gasteiger partial charge in [-0.2, -0.15) is 0 Å². The summed E-state index contributed by atoms with van der Waals surface area (Å²) < 4.78 is 30.9. The number of halogens is 1. The van der Waals surface area contributed by atoms with Gasteiger partial charge in [-0.25, -0.2) is 4.39 Å². The van der Waals surface area contributed by atoms with E-state index < -0.39 is 0 Å². The van der Waals surface area contributed by atoms with Gasteiger partial charge in [0.1, 0.15) is 17.0 Å². The van der Waals surface area contributed by atoms with Crippen LogP contribution in [0.3, 0.4) is 0 Å². The number of para-hydroxylation sites is 2. The molecule has 11 aromatic rings. The molecule has 9 aromatic carbocycles. The van der Waals surface area contributed by atoms with E-state index in [2.05, 4.69) is 143 Å². The minimum Gasteiger partial charge on any atom is -0.456 e. The minimum absolute atomic E-state index is 0.241.